The molecule has 1 aliphatic carbocycles. The van der Waals surface area contributed by atoms with Crippen LogP contribution >= 0.6 is 0 Å². The van der Waals surface area contributed by atoms with E-state index in [4.69, 9.17) is 5.84 Å². The molecule has 0 amide bonds. The molecule has 0 bridgehead atoms. The van der Waals surface area contributed by atoms with Crippen molar-refractivity contribution < 1.29 is 0 Å². The molecule has 0 aliphatic heterocycles. The number of hydrogen-bond donors (Lipinski definition) is 2. The first-order valence-electron chi connectivity index (χ1n) is 6.46. The first kappa shape index (κ1) is 12.7. The van der Waals surface area contributed by atoms with E-state index in [1.54, 1.807) is 0 Å². The fraction of sp³-hybridized carbons (Fsp3) is 0.545. The maximum atomic E-state index is 5.41. The van der Waals surface area contributed by atoms with Crippen molar-refractivity contribution >= 4 is 11.9 Å². The van der Waals surface area contributed by atoms with Crippen molar-refractivity contribution in [3.63, 3.8) is 0 Å². The molecule has 0 radical (unpaired) electrons. The van der Waals surface area contributed by atoms with Gasteiger partial charge in [-0.3, -0.25) is 5.43 Å². The fourth-order valence-electron chi connectivity index (χ4n) is 2.09. The fourth-order valence-corrected chi connectivity index (χ4v) is 2.09. The summed E-state index contributed by atoms with van der Waals surface area (Å²) in [6, 6.07) is 0. The normalized spacial score (nSPS) is 20.8. The lowest BCUT2D eigenvalue weighted by Gasteiger charge is -2.17. The van der Waals surface area contributed by atoms with Crippen LogP contribution < -0.4 is 16.2 Å². The number of nitrogen functional groups attached to an aromatic ring is 1. The molecule has 2 unspecified atom stereocenters. The van der Waals surface area contributed by atoms with Gasteiger partial charge in [0.05, 0.1) is 0 Å². The highest BCUT2D eigenvalue weighted by atomic mass is 15.4. The van der Waals surface area contributed by atoms with Gasteiger partial charge in [-0.25, -0.2) is 10.8 Å². The summed E-state index contributed by atoms with van der Waals surface area (Å²) >= 11 is 0. The highest BCUT2D eigenvalue weighted by Crippen LogP contribution is 2.38. The lowest BCUT2D eigenvalue weighted by atomic mass is 10.3. The number of aromatic nitrogens is 6. The van der Waals surface area contributed by atoms with Gasteiger partial charge in [0.15, 0.2) is 0 Å². The topological polar surface area (TPSA) is 111 Å². The Morgan fingerprint density at radius 3 is 2.85 bits per heavy atom. The zero-order chi connectivity index (χ0) is 14.1. The Morgan fingerprint density at radius 1 is 1.45 bits per heavy atom. The number of hydrogen-bond acceptors (Lipinski definition) is 8. The van der Waals surface area contributed by atoms with Crippen LogP contribution in [0.15, 0.2) is 12.7 Å². The second-order valence-corrected chi connectivity index (χ2v) is 5.10. The lowest BCUT2D eigenvalue weighted by molar-refractivity contribution is 0.702. The molecule has 3 rings (SSSR count). The van der Waals surface area contributed by atoms with Crippen LogP contribution in [0.1, 0.15) is 13.3 Å². The van der Waals surface area contributed by atoms with Crippen LogP contribution in [0.25, 0.3) is 5.95 Å². The molecule has 0 saturated heterocycles. The summed E-state index contributed by atoms with van der Waals surface area (Å²) in [6.45, 7) is 3.17. The number of rotatable bonds is 5. The Bertz CT molecular complexity index is 582. The molecule has 3 N–H and O–H groups in total. The van der Waals surface area contributed by atoms with Gasteiger partial charge in [-0.05, 0) is 18.3 Å². The molecule has 20 heavy (non-hydrogen) atoms. The van der Waals surface area contributed by atoms with E-state index in [0.29, 0.717) is 23.8 Å². The number of nitrogens with two attached hydrogens (primary N) is 1. The molecule has 2 aromatic heterocycles. The van der Waals surface area contributed by atoms with Gasteiger partial charge in [0, 0.05) is 13.6 Å². The molecule has 9 nitrogen and oxygen atoms in total. The third-order valence-electron chi connectivity index (χ3n) is 3.49. The van der Waals surface area contributed by atoms with Crippen LogP contribution in [0.2, 0.25) is 0 Å². The van der Waals surface area contributed by atoms with E-state index >= 15 is 0 Å². The lowest BCUT2D eigenvalue weighted by Crippen LogP contribution is -2.25. The predicted molar refractivity (Wildman–Crippen MR) is 73.1 cm³/mol. The molecule has 2 aromatic rings. The summed E-state index contributed by atoms with van der Waals surface area (Å²) in [7, 11) is 1.96. The molecule has 2 heterocycles. The third-order valence-corrected chi connectivity index (χ3v) is 3.49. The van der Waals surface area contributed by atoms with Crippen molar-refractivity contribution in [2.45, 2.75) is 13.3 Å². The monoisotopic (exact) mass is 275 g/mol. The number of nitrogens with one attached hydrogen (secondary N) is 1. The minimum atomic E-state index is 0.302. The Kier molecular flexibility index (Phi) is 3.18. The highest BCUT2D eigenvalue weighted by molar-refractivity contribution is 5.38. The average molecular weight is 275 g/mol. The Hall–Kier alpha value is -2.29. The van der Waals surface area contributed by atoms with Gasteiger partial charge in [0.2, 0.25) is 11.9 Å². The Labute approximate surface area is 116 Å². The summed E-state index contributed by atoms with van der Waals surface area (Å²) in [5.41, 5.74) is 2.45. The molecular formula is C11H17N9. The second kappa shape index (κ2) is 5.00. The van der Waals surface area contributed by atoms with Crippen LogP contribution in [0.5, 0.6) is 0 Å². The molecule has 1 saturated carbocycles. The predicted octanol–water partition coefficient (Wildman–Crippen LogP) is -0.170. The van der Waals surface area contributed by atoms with Crippen molar-refractivity contribution in [2.75, 3.05) is 23.9 Å². The van der Waals surface area contributed by atoms with Gasteiger partial charge in [-0.1, -0.05) is 6.92 Å². The van der Waals surface area contributed by atoms with Crippen molar-refractivity contribution in [1.29, 1.82) is 0 Å². The minimum Gasteiger partial charge on any atom is -0.343 e. The van der Waals surface area contributed by atoms with Crippen LogP contribution in [0, 0.1) is 11.8 Å². The average Bonchev–Trinajstić information content (AvgIpc) is 2.96. The van der Waals surface area contributed by atoms with Crippen LogP contribution in [0.4, 0.5) is 11.9 Å². The first-order valence-corrected chi connectivity index (χ1v) is 6.46. The maximum absolute atomic E-state index is 5.41. The second-order valence-electron chi connectivity index (χ2n) is 5.10. The van der Waals surface area contributed by atoms with E-state index in [0.717, 1.165) is 12.5 Å². The van der Waals surface area contributed by atoms with Gasteiger partial charge in [-0.2, -0.15) is 24.7 Å². The van der Waals surface area contributed by atoms with E-state index in [1.165, 1.54) is 23.8 Å². The van der Waals surface area contributed by atoms with Gasteiger partial charge >= 0.3 is 0 Å². The summed E-state index contributed by atoms with van der Waals surface area (Å²) in [6.07, 6.45) is 4.21. The molecule has 1 fully saturated rings. The summed E-state index contributed by atoms with van der Waals surface area (Å²) in [5, 5.41) is 4.01. The van der Waals surface area contributed by atoms with Crippen molar-refractivity contribution in [2.24, 2.45) is 17.7 Å². The zero-order valence-electron chi connectivity index (χ0n) is 11.4. The summed E-state index contributed by atoms with van der Waals surface area (Å²) in [5.74, 6) is 8.15. The third kappa shape index (κ3) is 2.52. The summed E-state index contributed by atoms with van der Waals surface area (Å²) < 4.78 is 1.47. The van der Waals surface area contributed by atoms with Crippen LogP contribution in [-0.2, 0) is 0 Å². The molecule has 0 spiro atoms. The largest absolute Gasteiger partial charge is 0.343 e. The molecular weight excluding hydrogens is 258 g/mol. The molecule has 106 valence electrons. The molecule has 9 heteroatoms. The molecule has 2 atom stereocenters. The van der Waals surface area contributed by atoms with E-state index in [1.807, 2.05) is 11.9 Å². The van der Waals surface area contributed by atoms with Gasteiger partial charge < -0.3 is 4.90 Å². The van der Waals surface area contributed by atoms with Crippen LogP contribution in [0.3, 0.4) is 0 Å². The van der Waals surface area contributed by atoms with E-state index in [-0.39, 0.29) is 0 Å². The Balaban J connectivity index is 1.87. The van der Waals surface area contributed by atoms with Gasteiger partial charge in [-0.15, -0.1) is 0 Å². The summed E-state index contributed by atoms with van der Waals surface area (Å²) in [4.78, 5) is 18.7. The minimum absolute atomic E-state index is 0.302. The number of nitrogens with zero attached hydrogens (tertiary/aromatic N) is 7. The van der Waals surface area contributed by atoms with Crippen molar-refractivity contribution in [3.05, 3.63) is 12.7 Å². The molecule has 1 aliphatic rings. The highest BCUT2D eigenvalue weighted by Gasteiger charge is 2.33. The smallest absolute Gasteiger partial charge is 0.258 e. The maximum Gasteiger partial charge on any atom is 0.258 e. The Morgan fingerprint density at radius 2 is 2.25 bits per heavy atom. The van der Waals surface area contributed by atoms with Crippen molar-refractivity contribution in [1.82, 2.24) is 29.7 Å². The van der Waals surface area contributed by atoms with E-state index < -0.39 is 0 Å². The number of hydrazine groups is 1. The zero-order valence-corrected chi connectivity index (χ0v) is 11.4. The number of anilines is 2. The van der Waals surface area contributed by atoms with Crippen LogP contribution in [-0.4, -0.2) is 43.3 Å². The van der Waals surface area contributed by atoms with E-state index in [9.17, 15) is 0 Å². The molecule has 0 aromatic carbocycles. The van der Waals surface area contributed by atoms with Gasteiger partial charge in [0.25, 0.3) is 5.95 Å². The SMILES string of the molecule is CC1CC1CN(C)c1nc(NN)nc(-n2cncn2)n1. The first-order chi connectivity index (χ1) is 9.67. The quantitative estimate of drug-likeness (QED) is 0.571. The van der Waals surface area contributed by atoms with Gasteiger partial charge in [0.1, 0.15) is 12.7 Å². The standard InChI is InChI=1S/C11H17N9/c1-7-3-8(7)4-19(2)10-15-9(18-12)16-11(17-10)20-6-13-5-14-20/h5-8H,3-4,12H2,1-2H3,(H,15,16,17,18). The van der Waals surface area contributed by atoms with E-state index in [2.05, 4.69) is 37.4 Å². The van der Waals surface area contributed by atoms with Crippen molar-refractivity contribution in [3.8, 4) is 5.95 Å².